The third kappa shape index (κ3) is 2.94. The van der Waals surface area contributed by atoms with Crippen molar-refractivity contribution < 1.29 is 4.74 Å². The highest BCUT2D eigenvalue weighted by atomic mass is 32.1. The Bertz CT molecular complexity index is 1530. The van der Waals surface area contributed by atoms with Gasteiger partial charge in [0.1, 0.15) is 16.8 Å². The van der Waals surface area contributed by atoms with Gasteiger partial charge in [0.15, 0.2) is 11.5 Å². The van der Waals surface area contributed by atoms with Gasteiger partial charge in [-0.05, 0) is 35.7 Å². The zero-order valence-electron chi connectivity index (χ0n) is 16.3. The van der Waals surface area contributed by atoms with Crippen molar-refractivity contribution in [2.45, 2.75) is 0 Å². The molecule has 0 fully saturated rings. The molecule has 0 amide bonds. The van der Waals surface area contributed by atoms with E-state index in [0.717, 1.165) is 44.6 Å². The number of H-pyrrole nitrogens is 2. The molecule has 0 radical (unpaired) electrons. The van der Waals surface area contributed by atoms with Gasteiger partial charge >= 0.3 is 0 Å². The fraction of sp³-hybridized carbons (Fsp3) is 0.0455. The standard InChI is InChI=1S/C22H15N7OS/c1-30-14-8-13(9-23-10-14)15-2-3-17-20(25-15)21(29-28-17)22-26-16-4-6-24-18(19(16)27-22)12-5-7-31-11-12/h2-11H,1H3,(H,26,27)(H,28,29). The minimum atomic E-state index is 0.638. The second kappa shape index (κ2) is 6.99. The van der Waals surface area contributed by atoms with Crippen molar-refractivity contribution in [2.75, 3.05) is 7.11 Å². The Morgan fingerprint density at radius 2 is 1.87 bits per heavy atom. The minimum Gasteiger partial charge on any atom is -0.495 e. The van der Waals surface area contributed by atoms with Gasteiger partial charge in [-0.25, -0.2) is 9.97 Å². The maximum Gasteiger partial charge on any atom is 0.161 e. The van der Waals surface area contributed by atoms with Crippen LogP contribution in [0.15, 0.2) is 59.7 Å². The summed E-state index contributed by atoms with van der Waals surface area (Å²) in [7, 11) is 1.62. The van der Waals surface area contributed by atoms with Gasteiger partial charge in [0.05, 0.1) is 35.7 Å². The largest absolute Gasteiger partial charge is 0.495 e. The van der Waals surface area contributed by atoms with E-state index >= 15 is 0 Å². The van der Waals surface area contributed by atoms with E-state index in [-0.39, 0.29) is 0 Å². The third-order valence-corrected chi connectivity index (χ3v) is 5.76. The molecule has 0 saturated carbocycles. The molecule has 0 spiro atoms. The predicted molar refractivity (Wildman–Crippen MR) is 120 cm³/mol. The summed E-state index contributed by atoms with van der Waals surface area (Å²) in [5, 5.41) is 11.6. The SMILES string of the molecule is COc1cncc(-c2ccc3[nH]nc(-c4nc5c(-c6ccsc6)nccc5[nH]4)c3n2)c1. The Morgan fingerprint density at radius 1 is 0.935 bits per heavy atom. The highest BCUT2D eigenvalue weighted by Gasteiger charge is 2.17. The molecular weight excluding hydrogens is 410 g/mol. The van der Waals surface area contributed by atoms with Crippen molar-refractivity contribution in [3.63, 3.8) is 0 Å². The molecule has 6 heterocycles. The lowest BCUT2D eigenvalue weighted by atomic mass is 10.1. The van der Waals surface area contributed by atoms with Crippen LogP contribution in [0.3, 0.4) is 0 Å². The van der Waals surface area contributed by atoms with Crippen molar-refractivity contribution >= 4 is 33.4 Å². The first-order chi connectivity index (χ1) is 15.3. The van der Waals surface area contributed by atoms with Gasteiger partial charge in [0.2, 0.25) is 0 Å². The lowest BCUT2D eigenvalue weighted by Crippen LogP contribution is -1.89. The Hall–Kier alpha value is -4.11. The molecule has 6 aromatic heterocycles. The summed E-state index contributed by atoms with van der Waals surface area (Å²) >= 11 is 1.63. The average molecular weight is 425 g/mol. The Balaban J connectivity index is 1.50. The molecule has 6 aromatic rings. The smallest absolute Gasteiger partial charge is 0.161 e. The van der Waals surface area contributed by atoms with Crippen molar-refractivity contribution in [1.82, 2.24) is 35.1 Å². The van der Waals surface area contributed by atoms with Gasteiger partial charge in [-0.2, -0.15) is 16.4 Å². The summed E-state index contributed by atoms with van der Waals surface area (Å²) in [4.78, 5) is 21.8. The van der Waals surface area contributed by atoms with Crippen LogP contribution in [-0.4, -0.2) is 42.2 Å². The predicted octanol–water partition coefficient (Wildman–Crippen LogP) is 4.70. The van der Waals surface area contributed by atoms with Gasteiger partial charge in [0.25, 0.3) is 0 Å². The van der Waals surface area contributed by atoms with E-state index in [1.54, 1.807) is 37.0 Å². The number of pyridine rings is 3. The van der Waals surface area contributed by atoms with E-state index in [0.29, 0.717) is 17.3 Å². The Morgan fingerprint density at radius 3 is 2.74 bits per heavy atom. The number of thiophene rings is 1. The maximum atomic E-state index is 5.29. The monoisotopic (exact) mass is 425 g/mol. The number of nitrogens with one attached hydrogen (secondary N) is 2. The summed E-state index contributed by atoms with van der Waals surface area (Å²) in [6, 6.07) is 9.74. The summed E-state index contributed by atoms with van der Waals surface area (Å²) < 4.78 is 5.29. The summed E-state index contributed by atoms with van der Waals surface area (Å²) in [5.41, 5.74) is 7.44. The summed E-state index contributed by atoms with van der Waals surface area (Å²) in [5.74, 6) is 1.32. The molecule has 9 heteroatoms. The first-order valence-corrected chi connectivity index (χ1v) is 10.5. The van der Waals surface area contributed by atoms with E-state index in [4.69, 9.17) is 14.7 Å². The van der Waals surface area contributed by atoms with Crippen molar-refractivity contribution in [1.29, 1.82) is 0 Å². The van der Waals surface area contributed by atoms with Gasteiger partial charge < -0.3 is 9.72 Å². The molecule has 0 unspecified atom stereocenters. The third-order valence-electron chi connectivity index (χ3n) is 5.07. The second-order valence-electron chi connectivity index (χ2n) is 6.93. The number of fused-ring (bicyclic) bond motifs is 2. The van der Waals surface area contributed by atoms with Gasteiger partial charge in [-0.15, -0.1) is 0 Å². The number of nitrogens with zero attached hydrogens (tertiary/aromatic N) is 5. The van der Waals surface area contributed by atoms with Gasteiger partial charge in [-0.1, -0.05) is 0 Å². The van der Waals surface area contributed by atoms with E-state index in [2.05, 4.69) is 30.5 Å². The first-order valence-electron chi connectivity index (χ1n) is 9.52. The number of rotatable bonds is 4. The fourth-order valence-electron chi connectivity index (χ4n) is 3.55. The Kier molecular flexibility index (Phi) is 4.00. The van der Waals surface area contributed by atoms with Crippen LogP contribution in [-0.2, 0) is 0 Å². The maximum absolute atomic E-state index is 5.29. The van der Waals surface area contributed by atoms with Crippen LogP contribution in [0.5, 0.6) is 5.75 Å². The lowest BCUT2D eigenvalue weighted by molar-refractivity contribution is 0.413. The minimum absolute atomic E-state index is 0.638. The normalized spacial score (nSPS) is 11.4. The van der Waals surface area contributed by atoms with E-state index in [1.165, 1.54) is 0 Å². The molecule has 0 aliphatic heterocycles. The van der Waals surface area contributed by atoms with Crippen molar-refractivity contribution in [3.05, 3.63) is 59.7 Å². The molecule has 0 saturated heterocycles. The van der Waals surface area contributed by atoms with Crippen LogP contribution in [0.4, 0.5) is 0 Å². The first kappa shape index (κ1) is 17.7. The molecule has 0 atom stereocenters. The van der Waals surface area contributed by atoms with Crippen LogP contribution in [0.1, 0.15) is 0 Å². The number of hydrogen-bond donors (Lipinski definition) is 2. The van der Waals surface area contributed by atoms with Crippen LogP contribution in [0.2, 0.25) is 0 Å². The van der Waals surface area contributed by atoms with Crippen molar-refractivity contribution in [2.24, 2.45) is 0 Å². The van der Waals surface area contributed by atoms with E-state index < -0.39 is 0 Å². The fourth-order valence-corrected chi connectivity index (χ4v) is 4.19. The highest BCUT2D eigenvalue weighted by molar-refractivity contribution is 7.08. The Labute approximate surface area is 180 Å². The number of imidazole rings is 1. The second-order valence-corrected chi connectivity index (χ2v) is 7.71. The van der Waals surface area contributed by atoms with Crippen LogP contribution >= 0.6 is 11.3 Å². The molecule has 150 valence electrons. The van der Waals surface area contributed by atoms with Crippen molar-refractivity contribution in [3.8, 4) is 39.8 Å². The van der Waals surface area contributed by atoms with Crippen LogP contribution in [0, 0.1) is 0 Å². The van der Waals surface area contributed by atoms with Crippen LogP contribution < -0.4 is 4.74 Å². The number of aromatic amines is 2. The molecule has 0 aliphatic rings. The van der Waals surface area contributed by atoms with Crippen LogP contribution in [0.25, 0.3) is 56.1 Å². The topological polar surface area (TPSA) is 105 Å². The zero-order valence-corrected chi connectivity index (χ0v) is 17.1. The number of methoxy groups -OCH3 is 1. The summed E-state index contributed by atoms with van der Waals surface area (Å²) in [6.45, 7) is 0. The van der Waals surface area contributed by atoms with Gasteiger partial charge in [0, 0.05) is 28.9 Å². The average Bonchev–Trinajstić information content (AvgIpc) is 3.57. The molecule has 31 heavy (non-hydrogen) atoms. The number of hydrogen-bond acceptors (Lipinski definition) is 7. The highest BCUT2D eigenvalue weighted by Crippen LogP contribution is 2.31. The quantitative estimate of drug-likeness (QED) is 0.424. The zero-order chi connectivity index (χ0) is 20.8. The molecule has 0 bridgehead atoms. The van der Waals surface area contributed by atoms with Gasteiger partial charge in [-0.3, -0.25) is 15.1 Å². The number of ether oxygens (including phenoxy) is 1. The lowest BCUT2D eigenvalue weighted by Gasteiger charge is -2.03. The molecular formula is C22H15N7OS. The molecule has 0 aromatic carbocycles. The molecule has 0 aliphatic carbocycles. The number of aromatic nitrogens is 7. The molecule has 6 rings (SSSR count). The van der Waals surface area contributed by atoms with E-state index in [9.17, 15) is 0 Å². The van der Waals surface area contributed by atoms with E-state index in [1.807, 2.05) is 35.7 Å². The summed E-state index contributed by atoms with van der Waals surface area (Å²) in [6.07, 6.45) is 5.21. The molecule has 2 N–H and O–H groups in total. The molecule has 8 nitrogen and oxygen atoms in total.